The van der Waals surface area contributed by atoms with E-state index in [2.05, 4.69) is 15.4 Å². The lowest BCUT2D eigenvalue weighted by atomic mass is 10.1. The number of carbonyl (C=O) groups is 1. The number of amides is 1. The molecular weight excluding hydrogens is 360 g/mol. The van der Waals surface area contributed by atoms with E-state index in [0.717, 1.165) is 22.2 Å². The maximum atomic E-state index is 12.9. The molecule has 2 aromatic heterocycles. The fraction of sp³-hybridized carbons (Fsp3) is 0.0952. The molecule has 1 amide bonds. The smallest absolute Gasteiger partial charge is 0.257 e. The van der Waals surface area contributed by atoms with E-state index in [0.29, 0.717) is 22.8 Å². The summed E-state index contributed by atoms with van der Waals surface area (Å²) in [5.41, 5.74) is 3.74. The number of aryl methyl sites for hydroxylation is 1. The Morgan fingerprint density at radius 3 is 2.81 bits per heavy atom. The molecule has 0 bridgehead atoms. The number of nitrogens with one attached hydrogen (secondary N) is 1. The molecule has 2 heterocycles. The molecule has 134 valence electrons. The van der Waals surface area contributed by atoms with Crippen LogP contribution in [0.15, 0.2) is 67.0 Å². The zero-order valence-corrected chi connectivity index (χ0v) is 15.4. The minimum Gasteiger partial charge on any atom is -0.322 e. The molecule has 0 saturated carbocycles. The summed E-state index contributed by atoms with van der Waals surface area (Å²) >= 11 is 6.07. The molecule has 0 aliphatic carbocycles. The maximum absolute atomic E-state index is 12.9. The molecule has 0 saturated heterocycles. The number of aromatic nitrogens is 3. The molecule has 6 heteroatoms. The van der Waals surface area contributed by atoms with Crippen LogP contribution in [-0.4, -0.2) is 20.7 Å². The number of hydrogen-bond acceptors (Lipinski definition) is 3. The monoisotopic (exact) mass is 376 g/mol. The van der Waals surface area contributed by atoms with Crippen LogP contribution in [0, 0.1) is 6.92 Å². The fourth-order valence-electron chi connectivity index (χ4n) is 3.01. The third-order valence-corrected chi connectivity index (χ3v) is 4.60. The Morgan fingerprint density at radius 2 is 2.00 bits per heavy atom. The lowest BCUT2D eigenvalue weighted by molar-refractivity contribution is 0.102. The first-order valence-corrected chi connectivity index (χ1v) is 8.91. The van der Waals surface area contributed by atoms with Gasteiger partial charge in [0.05, 0.1) is 23.3 Å². The summed E-state index contributed by atoms with van der Waals surface area (Å²) in [6.07, 6.45) is 3.62. The van der Waals surface area contributed by atoms with Crippen LogP contribution in [0.5, 0.6) is 0 Å². The molecule has 0 spiro atoms. The third-order valence-electron chi connectivity index (χ3n) is 4.37. The van der Waals surface area contributed by atoms with Crippen molar-refractivity contribution in [2.24, 2.45) is 0 Å². The molecule has 0 aliphatic rings. The van der Waals surface area contributed by atoms with Crippen LogP contribution in [0.3, 0.4) is 0 Å². The van der Waals surface area contributed by atoms with Gasteiger partial charge < -0.3 is 5.32 Å². The molecule has 4 aromatic rings. The highest BCUT2D eigenvalue weighted by molar-refractivity contribution is 6.31. The van der Waals surface area contributed by atoms with Gasteiger partial charge in [0, 0.05) is 28.5 Å². The molecule has 5 nitrogen and oxygen atoms in total. The second-order valence-corrected chi connectivity index (χ2v) is 6.71. The SMILES string of the molecule is Cc1nc2ccc(Cl)cc2cc1C(=O)Nc1ccccc1Cn1cccn1. The summed E-state index contributed by atoms with van der Waals surface area (Å²) in [5.74, 6) is -0.199. The van der Waals surface area contributed by atoms with Gasteiger partial charge in [-0.15, -0.1) is 0 Å². The van der Waals surface area contributed by atoms with Gasteiger partial charge in [-0.2, -0.15) is 5.10 Å². The van der Waals surface area contributed by atoms with Crippen molar-refractivity contribution in [3.05, 3.63) is 88.8 Å². The van der Waals surface area contributed by atoms with Crippen LogP contribution in [0.1, 0.15) is 21.6 Å². The average molecular weight is 377 g/mol. The number of benzene rings is 2. The van der Waals surface area contributed by atoms with Gasteiger partial charge in [-0.05, 0) is 48.9 Å². The van der Waals surface area contributed by atoms with Crippen LogP contribution in [0.4, 0.5) is 5.69 Å². The molecule has 0 aliphatic heterocycles. The fourth-order valence-corrected chi connectivity index (χ4v) is 3.19. The summed E-state index contributed by atoms with van der Waals surface area (Å²) in [4.78, 5) is 17.4. The molecule has 0 unspecified atom stereocenters. The van der Waals surface area contributed by atoms with E-state index >= 15 is 0 Å². The number of hydrogen-bond donors (Lipinski definition) is 1. The summed E-state index contributed by atoms with van der Waals surface area (Å²) < 4.78 is 1.82. The number of anilines is 1. The van der Waals surface area contributed by atoms with Crippen LogP contribution < -0.4 is 5.32 Å². The van der Waals surface area contributed by atoms with Gasteiger partial charge in [0.25, 0.3) is 5.91 Å². The van der Waals surface area contributed by atoms with Crippen molar-refractivity contribution in [1.29, 1.82) is 0 Å². The minimum absolute atomic E-state index is 0.199. The van der Waals surface area contributed by atoms with Crippen molar-refractivity contribution < 1.29 is 4.79 Å². The predicted molar refractivity (Wildman–Crippen MR) is 107 cm³/mol. The molecular formula is C21H17ClN4O. The number of carbonyl (C=O) groups excluding carboxylic acids is 1. The zero-order valence-electron chi connectivity index (χ0n) is 14.7. The van der Waals surface area contributed by atoms with Crippen LogP contribution in [0.2, 0.25) is 5.02 Å². The van der Waals surface area contributed by atoms with Gasteiger partial charge in [0.15, 0.2) is 0 Å². The number of rotatable bonds is 4. The minimum atomic E-state index is -0.199. The number of nitrogens with zero attached hydrogens (tertiary/aromatic N) is 3. The topological polar surface area (TPSA) is 59.8 Å². The lowest BCUT2D eigenvalue weighted by Crippen LogP contribution is -2.16. The summed E-state index contributed by atoms with van der Waals surface area (Å²) in [5, 5.41) is 8.69. The highest BCUT2D eigenvalue weighted by Crippen LogP contribution is 2.22. The Kier molecular flexibility index (Phi) is 4.60. The van der Waals surface area contributed by atoms with Gasteiger partial charge in [0.2, 0.25) is 0 Å². The van der Waals surface area contributed by atoms with Gasteiger partial charge >= 0.3 is 0 Å². The summed E-state index contributed by atoms with van der Waals surface area (Å²) in [6.45, 7) is 2.41. The Bertz CT molecular complexity index is 1120. The predicted octanol–water partition coefficient (Wildman–Crippen LogP) is 4.69. The number of fused-ring (bicyclic) bond motifs is 1. The molecule has 4 rings (SSSR count). The largest absolute Gasteiger partial charge is 0.322 e. The van der Waals surface area contributed by atoms with Crippen molar-refractivity contribution in [2.45, 2.75) is 13.5 Å². The normalized spacial score (nSPS) is 10.9. The van der Waals surface area contributed by atoms with Crippen molar-refractivity contribution in [1.82, 2.24) is 14.8 Å². The number of halogens is 1. The van der Waals surface area contributed by atoms with Gasteiger partial charge in [-0.1, -0.05) is 29.8 Å². The van der Waals surface area contributed by atoms with Crippen molar-refractivity contribution in [2.75, 3.05) is 5.32 Å². The maximum Gasteiger partial charge on any atom is 0.257 e. The van der Waals surface area contributed by atoms with Crippen molar-refractivity contribution in [3.8, 4) is 0 Å². The zero-order chi connectivity index (χ0) is 18.8. The average Bonchev–Trinajstić information content (AvgIpc) is 3.16. The number of para-hydroxylation sites is 1. The van der Waals surface area contributed by atoms with E-state index in [-0.39, 0.29) is 5.91 Å². The lowest BCUT2D eigenvalue weighted by Gasteiger charge is -2.13. The molecule has 27 heavy (non-hydrogen) atoms. The summed E-state index contributed by atoms with van der Waals surface area (Å²) in [6, 6.07) is 16.9. The van der Waals surface area contributed by atoms with E-state index in [1.807, 2.05) is 66.3 Å². The molecule has 0 radical (unpaired) electrons. The van der Waals surface area contributed by atoms with E-state index in [9.17, 15) is 4.79 Å². The van der Waals surface area contributed by atoms with Crippen LogP contribution in [0.25, 0.3) is 10.9 Å². The van der Waals surface area contributed by atoms with Crippen molar-refractivity contribution >= 4 is 34.1 Å². The molecule has 0 fully saturated rings. The first-order valence-electron chi connectivity index (χ1n) is 8.54. The second-order valence-electron chi connectivity index (χ2n) is 6.27. The molecule has 2 aromatic carbocycles. The third kappa shape index (κ3) is 3.68. The van der Waals surface area contributed by atoms with Crippen LogP contribution >= 0.6 is 11.6 Å². The highest BCUT2D eigenvalue weighted by atomic mass is 35.5. The van der Waals surface area contributed by atoms with Gasteiger partial charge in [0.1, 0.15) is 0 Å². The van der Waals surface area contributed by atoms with Gasteiger partial charge in [-0.25, -0.2) is 0 Å². The Labute approximate surface area is 161 Å². The van der Waals surface area contributed by atoms with Gasteiger partial charge in [-0.3, -0.25) is 14.5 Å². The van der Waals surface area contributed by atoms with Crippen LogP contribution in [-0.2, 0) is 6.54 Å². The standard InChI is InChI=1S/C21H17ClN4O/c1-14-18(12-16-11-17(22)7-8-20(16)24-14)21(27)25-19-6-3-2-5-15(19)13-26-10-4-9-23-26/h2-12H,13H2,1H3,(H,25,27). The highest BCUT2D eigenvalue weighted by Gasteiger charge is 2.14. The quantitative estimate of drug-likeness (QED) is 0.562. The summed E-state index contributed by atoms with van der Waals surface area (Å²) in [7, 11) is 0. The Hall–Kier alpha value is -3.18. The van der Waals surface area contributed by atoms with E-state index < -0.39 is 0 Å². The van der Waals surface area contributed by atoms with E-state index in [1.165, 1.54) is 0 Å². The van der Waals surface area contributed by atoms with E-state index in [1.54, 1.807) is 12.3 Å². The first-order chi connectivity index (χ1) is 13.1. The molecule has 1 N–H and O–H groups in total. The second kappa shape index (κ2) is 7.21. The molecule has 0 atom stereocenters. The van der Waals surface area contributed by atoms with E-state index in [4.69, 9.17) is 11.6 Å². The van der Waals surface area contributed by atoms with Crippen molar-refractivity contribution in [3.63, 3.8) is 0 Å². The number of pyridine rings is 1. The Balaban J connectivity index is 1.65. The first kappa shape index (κ1) is 17.2. The Morgan fingerprint density at radius 1 is 1.15 bits per heavy atom.